The molecule has 0 aliphatic carbocycles. The van der Waals surface area contributed by atoms with Gasteiger partial charge >= 0.3 is 0 Å². The summed E-state index contributed by atoms with van der Waals surface area (Å²) in [7, 11) is 0. The number of benzene rings is 1. The molecule has 0 aromatic heterocycles. The number of hydrogen-bond donors (Lipinski definition) is 1. The van der Waals surface area contributed by atoms with Crippen LogP contribution in [0.25, 0.3) is 0 Å². The van der Waals surface area contributed by atoms with Crippen molar-refractivity contribution in [2.75, 3.05) is 46.1 Å². The first-order valence-corrected chi connectivity index (χ1v) is 7.51. The Morgan fingerprint density at radius 1 is 1.33 bits per heavy atom. The van der Waals surface area contributed by atoms with Gasteiger partial charge in [-0.05, 0) is 12.5 Å². The van der Waals surface area contributed by atoms with Crippen molar-refractivity contribution in [3.05, 3.63) is 35.9 Å². The molecule has 116 valence electrons. The van der Waals surface area contributed by atoms with Crippen molar-refractivity contribution in [2.24, 2.45) is 0 Å². The van der Waals surface area contributed by atoms with Crippen molar-refractivity contribution < 1.29 is 14.3 Å². The molecule has 1 heterocycles. The van der Waals surface area contributed by atoms with Gasteiger partial charge in [-0.25, -0.2) is 0 Å². The average Bonchev–Trinajstić information content (AvgIpc) is 2.54. The summed E-state index contributed by atoms with van der Waals surface area (Å²) in [6.07, 6.45) is 0. The van der Waals surface area contributed by atoms with E-state index in [9.17, 15) is 4.79 Å². The van der Waals surface area contributed by atoms with E-state index >= 15 is 0 Å². The fraction of sp³-hybridized carbons (Fsp3) is 0.562. The molecule has 0 spiro atoms. The lowest BCUT2D eigenvalue weighted by Gasteiger charge is -2.31. The first-order valence-electron chi connectivity index (χ1n) is 7.51. The minimum Gasteiger partial charge on any atom is -0.379 e. The third-order valence-electron chi connectivity index (χ3n) is 3.52. The van der Waals surface area contributed by atoms with Crippen LogP contribution in [0.1, 0.15) is 18.5 Å². The lowest BCUT2D eigenvalue weighted by molar-refractivity contribution is -0.126. The number of nitrogens with zero attached hydrogens (tertiary/aromatic N) is 1. The Morgan fingerprint density at radius 3 is 2.71 bits per heavy atom. The van der Waals surface area contributed by atoms with Crippen LogP contribution in [0.5, 0.6) is 0 Å². The molecule has 1 N–H and O–H groups in total. The van der Waals surface area contributed by atoms with Gasteiger partial charge in [-0.3, -0.25) is 9.69 Å². The molecule has 5 heteroatoms. The Labute approximate surface area is 126 Å². The van der Waals surface area contributed by atoms with Gasteiger partial charge in [-0.15, -0.1) is 0 Å². The zero-order valence-electron chi connectivity index (χ0n) is 12.6. The maximum Gasteiger partial charge on any atom is 0.246 e. The molecule has 1 aliphatic heterocycles. The molecule has 0 saturated carbocycles. The second-order valence-electron chi connectivity index (χ2n) is 5.08. The first-order chi connectivity index (χ1) is 10.3. The number of amides is 1. The normalized spacial score (nSPS) is 17.4. The molecule has 0 bridgehead atoms. The van der Waals surface area contributed by atoms with Gasteiger partial charge < -0.3 is 14.8 Å². The van der Waals surface area contributed by atoms with E-state index in [1.165, 1.54) is 0 Å². The lowest BCUT2D eigenvalue weighted by Crippen LogP contribution is -2.43. The van der Waals surface area contributed by atoms with Crippen LogP contribution in [0, 0.1) is 0 Å². The first kappa shape index (κ1) is 15.9. The van der Waals surface area contributed by atoms with Crippen LogP contribution in [0.3, 0.4) is 0 Å². The summed E-state index contributed by atoms with van der Waals surface area (Å²) in [5, 5.41) is 3.07. The van der Waals surface area contributed by atoms with Gasteiger partial charge in [0, 0.05) is 26.2 Å². The van der Waals surface area contributed by atoms with Crippen LogP contribution in [-0.4, -0.2) is 56.9 Å². The van der Waals surface area contributed by atoms with E-state index < -0.39 is 0 Å². The molecular formula is C16H24N2O3. The Balaban J connectivity index is 1.97. The highest BCUT2D eigenvalue weighted by Crippen LogP contribution is 2.15. The van der Waals surface area contributed by atoms with Gasteiger partial charge in [0.05, 0.1) is 19.3 Å². The monoisotopic (exact) mass is 292 g/mol. The Kier molecular flexibility index (Phi) is 6.66. The summed E-state index contributed by atoms with van der Waals surface area (Å²) in [5.41, 5.74) is 1.12. The van der Waals surface area contributed by atoms with Crippen molar-refractivity contribution in [1.29, 1.82) is 0 Å². The van der Waals surface area contributed by atoms with Gasteiger partial charge in [-0.2, -0.15) is 0 Å². The minimum atomic E-state index is -0.0704. The number of hydrogen-bond acceptors (Lipinski definition) is 4. The molecule has 1 aliphatic rings. The Hall–Kier alpha value is -1.43. The van der Waals surface area contributed by atoms with Crippen LogP contribution in [-0.2, 0) is 14.3 Å². The summed E-state index contributed by atoms with van der Waals surface area (Å²) in [6, 6.07) is 10.1. The fourth-order valence-electron chi connectivity index (χ4n) is 2.39. The van der Waals surface area contributed by atoms with Crippen molar-refractivity contribution in [2.45, 2.75) is 13.0 Å². The van der Waals surface area contributed by atoms with E-state index in [4.69, 9.17) is 9.47 Å². The molecule has 0 radical (unpaired) electrons. The number of carbonyl (C=O) groups is 1. The van der Waals surface area contributed by atoms with E-state index in [1.807, 2.05) is 37.3 Å². The minimum absolute atomic E-state index is 0.0164. The van der Waals surface area contributed by atoms with Gasteiger partial charge in [0.15, 0.2) is 0 Å². The zero-order chi connectivity index (χ0) is 14.9. The summed E-state index contributed by atoms with van der Waals surface area (Å²) in [6.45, 7) is 6.68. The summed E-state index contributed by atoms with van der Waals surface area (Å²) in [4.78, 5) is 14.3. The van der Waals surface area contributed by atoms with E-state index in [1.54, 1.807) is 0 Å². The maximum atomic E-state index is 11.9. The van der Waals surface area contributed by atoms with Crippen LogP contribution in [0.2, 0.25) is 0 Å². The average molecular weight is 292 g/mol. The quantitative estimate of drug-likeness (QED) is 0.821. The fourth-order valence-corrected chi connectivity index (χ4v) is 2.39. The molecule has 1 fully saturated rings. The number of carbonyl (C=O) groups excluding carboxylic acids is 1. The molecule has 1 aromatic carbocycles. The third-order valence-corrected chi connectivity index (χ3v) is 3.52. The zero-order valence-corrected chi connectivity index (χ0v) is 12.6. The van der Waals surface area contributed by atoms with Crippen LogP contribution < -0.4 is 5.32 Å². The van der Waals surface area contributed by atoms with Crippen LogP contribution >= 0.6 is 0 Å². The second kappa shape index (κ2) is 8.77. The van der Waals surface area contributed by atoms with Crippen LogP contribution in [0.4, 0.5) is 0 Å². The number of rotatable bonds is 7. The van der Waals surface area contributed by atoms with Gasteiger partial charge in [0.2, 0.25) is 5.91 Å². The van der Waals surface area contributed by atoms with Crippen molar-refractivity contribution in [3.8, 4) is 0 Å². The smallest absolute Gasteiger partial charge is 0.246 e. The third kappa shape index (κ3) is 5.46. The van der Waals surface area contributed by atoms with E-state index in [0.717, 1.165) is 38.4 Å². The molecule has 2 rings (SSSR count). The highest BCUT2D eigenvalue weighted by atomic mass is 16.5. The van der Waals surface area contributed by atoms with Crippen molar-refractivity contribution >= 4 is 5.91 Å². The molecule has 5 nitrogen and oxygen atoms in total. The molecule has 1 atom stereocenters. The van der Waals surface area contributed by atoms with Crippen molar-refractivity contribution in [1.82, 2.24) is 10.2 Å². The highest BCUT2D eigenvalue weighted by molar-refractivity contribution is 5.77. The summed E-state index contributed by atoms with van der Waals surface area (Å²) in [5.74, 6) is -0.0704. The predicted octanol–water partition coefficient (Wildman–Crippen LogP) is 1.21. The van der Waals surface area contributed by atoms with Gasteiger partial charge in [0.1, 0.15) is 6.61 Å². The molecule has 1 unspecified atom stereocenters. The maximum absolute atomic E-state index is 11.9. The SMILES string of the molecule is CCOCC(=O)NC(CN1CCOCC1)c1ccccc1. The lowest BCUT2D eigenvalue weighted by atomic mass is 10.1. The van der Waals surface area contributed by atoms with Crippen LogP contribution in [0.15, 0.2) is 30.3 Å². The molecule has 1 aromatic rings. The van der Waals surface area contributed by atoms with Gasteiger partial charge in [0.25, 0.3) is 0 Å². The van der Waals surface area contributed by atoms with E-state index in [-0.39, 0.29) is 18.6 Å². The number of morpholine rings is 1. The topological polar surface area (TPSA) is 50.8 Å². The molecule has 1 saturated heterocycles. The van der Waals surface area contributed by atoms with Gasteiger partial charge in [-0.1, -0.05) is 30.3 Å². The molecule has 1 amide bonds. The Bertz CT molecular complexity index is 419. The van der Waals surface area contributed by atoms with E-state index in [0.29, 0.717) is 6.61 Å². The summed E-state index contributed by atoms with van der Waals surface area (Å²) >= 11 is 0. The number of nitrogens with one attached hydrogen (secondary N) is 1. The summed E-state index contributed by atoms with van der Waals surface area (Å²) < 4.78 is 10.5. The van der Waals surface area contributed by atoms with E-state index in [2.05, 4.69) is 10.2 Å². The molecular weight excluding hydrogens is 268 g/mol. The standard InChI is InChI=1S/C16H24N2O3/c1-2-20-13-16(19)17-15(14-6-4-3-5-7-14)12-18-8-10-21-11-9-18/h3-7,15H,2,8-13H2,1H3,(H,17,19). The predicted molar refractivity (Wildman–Crippen MR) is 81.1 cm³/mol. The number of ether oxygens (including phenoxy) is 2. The van der Waals surface area contributed by atoms with Crippen molar-refractivity contribution in [3.63, 3.8) is 0 Å². The molecule has 21 heavy (non-hydrogen) atoms. The Morgan fingerprint density at radius 2 is 2.05 bits per heavy atom. The largest absolute Gasteiger partial charge is 0.379 e. The second-order valence-corrected chi connectivity index (χ2v) is 5.08. The highest BCUT2D eigenvalue weighted by Gasteiger charge is 2.19.